The van der Waals surface area contributed by atoms with Gasteiger partial charge >= 0.3 is 0 Å². The Balaban J connectivity index is 2.26. The number of amides is 1. The number of rotatable bonds is 5. The van der Waals surface area contributed by atoms with Gasteiger partial charge in [-0.2, -0.15) is 0 Å². The maximum atomic E-state index is 12.9. The minimum atomic E-state index is -1.87. The number of nitrogens with zero attached hydrogens (tertiary/aromatic N) is 2. The van der Waals surface area contributed by atoms with Gasteiger partial charge in [-0.25, -0.2) is 4.68 Å². The molecule has 7 nitrogen and oxygen atoms in total. The zero-order chi connectivity index (χ0) is 21.9. The second-order valence-corrected chi connectivity index (χ2v) is 9.45. The van der Waals surface area contributed by atoms with Crippen molar-refractivity contribution >= 4 is 63.7 Å². The highest BCUT2D eigenvalue weighted by Gasteiger charge is 2.35. The van der Waals surface area contributed by atoms with Gasteiger partial charge in [0.2, 0.25) is 9.70 Å². The van der Waals surface area contributed by atoms with Crippen LogP contribution < -0.4 is 21.5 Å². The largest absolute Gasteiger partial charge is 0.339 e. The van der Waals surface area contributed by atoms with Crippen LogP contribution in [0.3, 0.4) is 0 Å². The number of hydrogen-bond acceptors (Lipinski definition) is 3. The number of para-hydroxylation sites is 1. The van der Waals surface area contributed by atoms with Crippen molar-refractivity contribution in [3.05, 3.63) is 46.4 Å². The van der Waals surface area contributed by atoms with E-state index in [1.54, 1.807) is 32.5 Å². The Kier molecular flexibility index (Phi) is 7.62. The highest BCUT2D eigenvalue weighted by atomic mass is 35.6. The first kappa shape index (κ1) is 23.5. The van der Waals surface area contributed by atoms with Crippen LogP contribution in [0.15, 0.2) is 35.1 Å². The molecule has 3 N–H and O–H groups in total. The molecule has 0 aliphatic carbocycles. The highest BCUT2D eigenvalue weighted by Crippen LogP contribution is 2.29. The zero-order valence-corrected chi connectivity index (χ0v) is 19.4. The van der Waals surface area contributed by atoms with Crippen LogP contribution in [0.5, 0.6) is 0 Å². The summed E-state index contributed by atoms with van der Waals surface area (Å²) in [7, 11) is 1.76. The fourth-order valence-corrected chi connectivity index (χ4v) is 3.05. The van der Waals surface area contributed by atoms with E-state index in [9.17, 15) is 9.59 Å². The van der Waals surface area contributed by atoms with Crippen LogP contribution in [-0.2, 0) is 11.8 Å². The van der Waals surface area contributed by atoms with Crippen molar-refractivity contribution < 1.29 is 4.79 Å². The van der Waals surface area contributed by atoms with E-state index in [1.807, 2.05) is 30.3 Å². The molecule has 0 saturated carbocycles. The van der Waals surface area contributed by atoms with Gasteiger partial charge in [0, 0.05) is 13.0 Å². The molecular formula is C18H22Cl3N5O2S. The summed E-state index contributed by atoms with van der Waals surface area (Å²) in [4.78, 5) is 24.9. The molecule has 1 aromatic heterocycles. The Morgan fingerprint density at radius 2 is 1.72 bits per heavy atom. The third-order valence-corrected chi connectivity index (χ3v) is 5.08. The van der Waals surface area contributed by atoms with Gasteiger partial charge in [-0.05, 0) is 31.3 Å². The first-order valence-electron chi connectivity index (χ1n) is 8.72. The topological polar surface area (TPSA) is 80.1 Å². The third kappa shape index (κ3) is 5.66. The fraction of sp³-hybridized carbons (Fsp3) is 0.389. The molecule has 0 aliphatic rings. The number of thiocarbonyl (C=S) groups is 1. The lowest BCUT2D eigenvalue weighted by atomic mass is 10.2. The van der Waals surface area contributed by atoms with E-state index in [1.165, 1.54) is 4.68 Å². The molecule has 29 heavy (non-hydrogen) atoms. The number of anilines is 1. The molecule has 0 unspecified atom stereocenters. The summed E-state index contributed by atoms with van der Waals surface area (Å²) in [6.07, 6.45) is -1.09. The monoisotopic (exact) mass is 477 g/mol. The van der Waals surface area contributed by atoms with Crippen LogP contribution in [0.1, 0.15) is 19.5 Å². The predicted octanol–water partition coefficient (Wildman–Crippen LogP) is 3.24. The van der Waals surface area contributed by atoms with Gasteiger partial charge in [0.15, 0.2) is 5.11 Å². The summed E-state index contributed by atoms with van der Waals surface area (Å²) in [6, 6.07) is 9.19. The molecule has 2 rings (SSSR count). The molecule has 11 heteroatoms. The molecule has 0 fully saturated rings. The van der Waals surface area contributed by atoms with Gasteiger partial charge in [-0.1, -0.05) is 66.8 Å². The van der Waals surface area contributed by atoms with Crippen molar-refractivity contribution in [2.45, 2.75) is 30.7 Å². The Morgan fingerprint density at radius 1 is 1.14 bits per heavy atom. The minimum Gasteiger partial charge on any atom is -0.339 e. The van der Waals surface area contributed by atoms with Crippen molar-refractivity contribution in [3.63, 3.8) is 0 Å². The molecule has 1 amide bonds. The van der Waals surface area contributed by atoms with Crippen molar-refractivity contribution in [2.24, 2.45) is 13.0 Å². The van der Waals surface area contributed by atoms with Crippen LogP contribution in [0.25, 0.3) is 5.69 Å². The van der Waals surface area contributed by atoms with Crippen molar-refractivity contribution in [1.29, 1.82) is 0 Å². The second-order valence-electron chi connectivity index (χ2n) is 6.67. The molecular weight excluding hydrogens is 457 g/mol. The Morgan fingerprint density at radius 3 is 2.24 bits per heavy atom. The number of benzene rings is 1. The van der Waals surface area contributed by atoms with Gasteiger partial charge in [0.05, 0.1) is 11.4 Å². The number of carbonyl (C=O) groups excluding carboxylic acids is 1. The smallest absolute Gasteiger partial charge is 0.295 e. The average Bonchev–Trinajstić information content (AvgIpc) is 2.84. The maximum Gasteiger partial charge on any atom is 0.295 e. The first-order valence-corrected chi connectivity index (χ1v) is 10.3. The SMILES string of the molecule is Cc1c(NC(=S)N[C@@H](NC(=O)C(C)C)C(Cl)(Cl)Cl)c(=O)n(-c2ccccc2)n1C. The molecule has 158 valence electrons. The normalized spacial score (nSPS) is 12.6. The van der Waals surface area contributed by atoms with Crippen LogP contribution >= 0.6 is 47.0 Å². The lowest BCUT2D eigenvalue weighted by Gasteiger charge is -2.28. The average molecular weight is 479 g/mol. The van der Waals surface area contributed by atoms with Gasteiger partial charge in [-0.15, -0.1) is 0 Å². The molecule has 1 atom stereocenters. The molecule has 0 aliphatic heterocycles. The number of aromatic nitrogens is 2. The van der Waals surface area contributed by atoms with Crippen molar-refractivity contribution in [2.75, 3.05) is 5.32 Å². The van der Waals surface area contributed by atoms with Crippen LogP contribution in [0, 0.1) is 12.8 Å². The summed E-state index contributed by atoms with van der Waals surface area (Å²) in [5.41, 5.74) is 1.34. The van der Waals surface area contributed by atoms with E-state index in [2.05, 4.69) is 16.0 Å². The number of hydrogen-bond donors (Lipinski definition) is 3. The molecule has 1 heterocycles. The van der Waals surface area contributed by atoms with Crippen molar-refractivity contribution in [1.82, 2.24) is 20.0 Å². The van der Waals surface area contributed by atoms with E-state index in [0.29, 0.717) is 11.4 Å². The predicted molar refractivity (Wildman–Crippen MR) is 122 cm³/mol. The standard InChI is InChI=1S/C18H22Cl3N5O2S/c1-10(2)14(27)23-16(18(19,20)21)24-17(29)22-13-11(3)25(4)26(15(13)28)12-8-6-5-7-9-12/h5-10,16H,1-4H3,(H,23,27)(H2,22,24,29)/t16-/m1/s1. The lowest BCUT2D eigenvalue weighted by molar-refractivity contribution is -0.124. The molecule has 0 radical (unpaired) electrons. The number of nitrogens with one attached hydrogen (secondary N) is 3. The Labute approximate surface area is 189 Å². The lowest BCUT2D eigenvalue weighted by Crippen LogP contribution is -2.57. The number of halogens is 3. The van der Waals surface area contributed by atoms with Gasteiger partial charge in [-0.3, -0.25) is 14.3 Å². The summed E-state index contributed by atoms with van der Waals surface area (Å²) in [6.45, 7) is 5.19. The molecule has 0 saturated heterocycles. The van der Waals surface area contributed by atoms with Crippen molar-refractivity contribution in [3.8, 4) is 5.69 Å². The zero-order valence-electron chi connectivity index (χ0n) is 16.3. The number of carbonyl (C=O) groups is 1. The van der Waals surface area contributed by atoms with Gasteiger partial charge in [0.1, 0.15) is 11.9 Å². The summed E-state index contributed by atoms with van der Waals surface area (Å²) < 4.78 is 1.34. The van der Waals surface area contributed by atoms with Gasteiger partial charge in [0.25, 0.3) is 5.56 Å². The molecule has 0 spiro atoms. The molecule has 0 bridgehead atoms. The second kappa shape index (κ2) is 9.38. The minimum absolute atomic E-state index is 0.0244. The first-order chi connectivity index (χ1) is 13.4. The van der Waals surface area contributed by atoms with Crippen LogP contribution in [0.2, 0.25) is 0 Å². The Bertz CT molecular complexity index is 951. The van der Waals surface area contributed by atoms with E-state index in [-0.39, 0.29) is 28.2 Å². The van der Waals surface area contributed by atoms with E-state index in [0.717, 1.165) is 0 Å². The fourth-order valence-electron chi connectivity index (χ4n) is 2.50. The molecule has 2 aromatic rings. The van der Waals surface area contributed by atoms with Crippen LogP contribution in [0.4, 0.5) is 5.69 Å². The third-order valence-electron chi connectivity index (χ3n) is 4.21. The van der Waals surface area contributed by atoms with Crippen LogP contribution in [-0.4, -0.2) is 30.3 Å². The number of alkyl halides is 3. The van der Waals surface area contributed by atoms with E-state index < -0.39 is 9.96 Å². The van der Waals surface area contributed by atoms with Gasteiger partial charge < -0.3 is 16.0 Å². The molecule has 1 aromatic carbocycles. The summed E-state index contributed by atoms with van der Waals surface area (Å²) in [5.74, 6) is -0.637. The van der Waals surface area contributed by atoms with E-state index >= 15 is 0 Å². The highest BCUT2D eigenvalue weighted by molar-refractivity contribution is 7.80. The maximum absolute atomic E-state index is 12.9. The summed E-state index contributed by atoms with van der Waals surface area (Å²) in [5, 5.41) is 8.21. The van der Waals surface area contributed by atoms with E-state index in [4.69, 9.17) is 47.0 Å². The Hall–Kier alpha value is -1.74. The summed E-state index contributed by atoms with van der Waals surface area (Å²) >= 11 is 23.2. The quantitative estimate of drug-likeness (QED) is 0.349.